The number of methoxy groups -OCH3 is 1. The van der Waals surface area contributed by atoms with Gasteiger partial charge in [0, 0.05) is 6.54 Å². The molecule has 2 rings (SSSR count). The van der Waals surface area contributed by atoms with Crippen molar-refractivity contribution in [2.75, 3.05) is 7.11 Å². The van der Waals surface area contributed by atoms with Crippen LogP contribution in [0.15, 0.2) is 47.4 Å². The summed E-state index contributed by atoms with van der Waals surface area (Å²) in [5.41, 5.74) is 0.471. The van der Waals surface area contributed by atoms with E-state index in [4.69, 9.17) is 4.74 Å². The molecule has 9 heteroatoms. The van der Waals surface area contributed by atoms with E-state index >= 15 is 0 Å². The Morgan fingerprint density at radius 2 is 1.75 bits per heavy atom. The topological polar surface area (TPSA) is 64.6 Å². The highest BCUT2D eigenvalue weighted by Crippen LogP contribution is 2.29. The summed E-state index contributed by atoms with van der Waals surface area (Å²) in [6.07, 6.45) is 0. The Morgan fingerprint density at radius 3 is 2.33 bits per heavy atom. The monoisotopic (exact) mass is 361 g/mol. The summed E-state index contributed by atoms with van der Waals surface area (Å²) in [5, 5.41) is 0. The average Bonchev–Trinajstić information content (AvgIpc) is 2.54. The quantitative estimate of drug-likeness (QED) is 0.824. The van der Waals surface area contributed by atoms with Gasteiger partial charge >= 0.3 is 6.61 Å². The normalized spacial score (nSPS) is 11.5. The summed E-state index contributed by atoms with van der Waals surface area (Å²) in [4.78, 5) is -0.0893. The van der Waals surface area contributed by atoms with E-state index in [0.29, 0.717) is 5.56 Å². The molecule has 0 saturated carbocycles. The molecule has 0 spiro atoms. The van der Waals surface area contributed by atoms with Crippen LogP contribution in [0, 0.1) is 5.82 Å². The van der Waals surface area contributed by atoms with Gasteiger partial charge in [0.25, 0.3) is 0 Å². The van der Waals surface area contributed by atoms with Gasteiger partial charge in [-0.2, -0.15) is 8.78 Å². The SMILES string of the molecule is COc1cc(CNS(=O)(=O)c2ccc(F)cc2)ccc1OC(F)F. The third-order valence-electron chi connectivity index (χ3n) is 3.03. The predicted octanol–water partition coefficient (Wildman–Crippen LogP) is 2.91. The van der Waals surface area contributed by atoms with E-state index < -0.39 is 22.5 Å². The molecule has 0 atom stereocenters. The van der Waals surface area contributed by atoms with Gasteiger partial charge in [0.05, 0.1) is 12.0 Å². The smallest absolute Gasteiger partial charge is 0.387 e. The van der Waals surface area contributed by atoms with Gasteiger partial charge in [-0.1, -0.05) is 6.07 Å². The van der Waals surface area contributed by atoms with Gasteiger partial charge in [-0.3, -0.25) is 0 Å². The van der Waals surface area contributed by atoms with Gasteiger partial charge in [-0.25, -0.2) is 17.5 Å². The van der Waals surface area contributed by atoms with Crippen molar-refractivity contribution in [3.8, 4) is 11.5 Å². The third kappa shape index (κ3) is 4.62. The van der Waals surface area contributed by atoms with Crippen LogP contribution in [-0.4, -0.2) is 22.1 Å². The van der Waals surface area contributed by atoms with Crippen molar-refractivity contribution in [1.82, 2.24) is 4.72 Å². The van der Waals surface area contributed by atoms with E-state index in [-0.39, 0.29) is 22.9 Å². The summed E-state index contributed by atoms with van der Waals surface area (Å²) in [5.74, 6) is -0.653. The minimum Gasteiger partial charge on any atom is -0.493 e. The highest BCUT2D eigenvalue weighted by atomic mass is 32.2. The van der Waals surface area contributed by atoms with Crippen LogP contribution in [0.2, 0.25) is 0 Å². The maximum atomic E-state index is 12.8. The van der Waals surface area contributed by atoms with Gasteiger partial charge in [0.1, 0.15) is 5.82 Å². The molecule has 0 heterocycles. The standard InChI is InChI=1S/C15H14F3NO4S/c1-22-14-8-10(2-7-13(14)23-15(17)18)9-19-24(20,21)12-5-3-11(16)4-6-12/h2-8,15,19H,9H2,1H3. The van der Waals surface area contributed by atoms with Crippen LogP contribution in [0.1, 0.15) is 5.56 Å². The van der Waals surface area contributed by atoms with Crippen molar-refractivity contribution >= 4 is 10.0 Å². The summed E-state index contributed by atoms with van der Waals surface area (Å²) in [6, 6.07) is 8.41. The Balaban J connectivity index is 2.12. The molecule has 0 radical (unpaired) electrons. The molecule has 5 nitrogen and oxygen atoms in total. The van der Waals surface area contributed by atoms with Crippen LogP contribution in [0.3, 0.4) is 0 Å². The first-order chi connectivity index (χ1) is 11.3. The van der Waals surface area contributed by atoms with Crippen molar-refractivity contribution in [2.45, 2.75) is 18.1 Å². The van der Waals surface area contributed by atoms with Crippen LogP contribution in [0.25, 0.3) is 0 Å². The lowest BCUT2D eigenvalue weighted by molar-refractivity contribution is -0.0512. The van der Waals surface area contributed by atoms with Gasteiger partial charge in [-0.15, -0.1) is 0 Å². The molecule has 1 N–H and O–H groups in total. The van der Waals surface area contributed by atoms with Gasteiger partial charge in [0.15, 0.2) is 11.5 Å². The molecule has 0 saturated heterocycles. The van der Waals surface area contributed by atoms with Crippen molar-refractivity contribution in [3.63, 3.8) is 0 Å². The number of hydrogen-bond donors (Lipinski definition) is 1. The molecule has 0 bridgehead atoms. The van der Waals surface area contributed by atoms with Gasteiger partial charge < -0.3 is 9.47 Å². The van der Waals surface area contributed by atoms with Crippen LogP contribution >= 0.6 is 0 Å². The van der Waals surface area contributed by atoms with Crippen molar-refractivity contribution < 1.29 is 31.1 Å². The highest BCUT2D eigenvalue weighted by molar-refractivity contribution is 7.89. The number of ether oxygens (including phenoxy) is 2. The molecule has 2 aromatic rings. The Hall–Kier alpha value is -2.26. The van der Waals surface area contributed by atoms with E-state index in [0.717, 1.165) is 24.3 Å². The molecule has 0 aliphatic rings. The number of sulfonamides is 1. The number of nitrogens with one attached hydrogen (secondary N) is 1. The fourth-order valence-corrected chi connectivity index (χ4v) is 2.91. The second kappa shape index (κ2) is 7.54. The zero-order chi connectivity index (χ0) is 17.7. The zero-order valence-electron chi connectivity index (χ0n) is 12.5. The van der Waals surface area contributed by atoms with Crippen molar-refractivity contribution in [3.05, 3.63) is 53.8 Å². The molecule has 0 aliphatic heterocycles. The predicted molar refractivity (Wildman–Crippen MR) is 80.1 cm³/mol. The molecule has 2 aromatic carbocycles. The largest absolute Gasteiger partial charge is 0.493 e. The fourth-order valence-electron chi connectivity index (χ4n) is 1.89. The third-order valence-corrected chi connectivity index (χ3v) is 4.45. The Kier molecular flexibility index (Phi) is 5.68. The van der Waals surface area contributed by atoms with Crippen LogP contribution in [0.5, 0.6) is 11.5 Å². The first-order valence-electron chi connectivity index (χ1n) is 6.69. The molecule has 0 amide bonds. The summed E-state index contributed by atoms with van der Waals surface area (Å²) < 4.78 is 73.1. The summed E-state index contributed by atoms with van der Waals surface area (Å²) in [6.45, 7) is -3.10. The van der Waals surface area contributed by atoms with E-state index in [1.807, 2.05) is 0 Å². The number of benzene rings is 2. The van der Waals surface area contributed by atoms with Crippen LogP contribution < -0.4 is 14.2 Å². The number of alkyl halides is 2. The molecule has 0 fully saturated rings. The first-order valence-corrected chi connectivity index (χ1v) is 8.17. The molecule has 24 heavy (non-hydrogen) atoms. The van der Waals surface area contributed by atoms with Gasteiger partial charge in [-0.05, 0) is 42.0 Å². The summed E-state index contributed by atoms with van der Waals surface area (Å²) in [7, 11) is -2.55. The maximum absolute atomic E-state index is 12.8. The highest BCUT2D eigenvalue weighted by Gasteiger charge is 2.15. The van der Waals surface area contributed by atoms with Crippen LogP contribution in [0.4, 0.5) is 13.2 Å². The Morgan fingerprint density at radius 1 is 1.08 bits per heavy atom. The van der Waals surface area contributed by atoms with E-state index in [2.05, 4.69) is 9.46 Å². The zero-order valence-corrected chi connectivity index (χ0v) is 13.3. The van der Waals surface area contributed by atoms with E-state index in [9.17, 15) is 21.6 Å². The Labute approximate surface area is 137 Å². The van der Waals surface area contributed by atoms with Gasteiger partial charge in [0.2, 0.25) is 10.0 Å². The lowest BCUT2D eigenvalue weighted by atomic mass is 10.2. The van der Waals surface area contributed by atoms with E-state index in [1.165, 1.54) is 25.3 Å². The summed E-state index contributed by atoms with van der Waals surface area (Å²) >= 11 is 0. The lowest BCUT2D eigenvalue weighted by Gasteiger charge is -2.12. The second-order valence-electron chi connectivity index (χ2n) is 4.64. The molecule has 0 aliphatic carbocycles. The number of halogens is 3. The minimum absolute atomic E-state index is 0.0498. The fraction of sp³-hybridized carbons (Fsp3) is 0.200. The maximum Gasteiger partial charge on any atom is 0.387 e. The lowest BCUT2D eigenvalue weighted by Crippen LogP contribution is -2.23. The van der Waals surface area contributed by atoms with Crippen molar-refractivity contribution in [2.24, 2.45) is 0 Å². The molecule has 130 valence electrons. The second-order valence-corrected chi connectivity index (χ2v) is 6.41. The Bertz CT molecular complexity index is 795. The molecule has 0 aromatic heterocycles. The number of hydrogen-bond acceptors (Lipinski definition) is 4. The first kappa shape index (κ1) is 18.1. The van der Waals surface area contributed by atoms with E-state index in [1.54, 1.807) is 0 Å². The average molecular weight is 361 g/mol. The minimum atomic E-state index is -3.83. The molecular weight excluding hydrogens is 347 g/mol. The molecular formula is C15H14F3NO4S. The number of rotatable bonds is 7. The van der Waals surface area contributed by atoms with Crippen molar-refractivity contribution in [1.29, 1.82) is 0 Å². The molecule has 0 unspecified atom stereocenters. The van der Waals surface area contributed by atoms with Crippen LogP contribution in [-0.2, 0) is 16.6 Å².